The first-order valence-corrected chi connectivity index (χ1v) is 13.4. The van der Waals surface area contributed by atoms with Crippen LogP contribution in [0.1, 0.15) is 11.4 Å². The van der Waals surface area contributed by atoms with Gasteiger partial charge in [-0.15, -0.1) is 24.3 Å². The van der Waals surface area contributed by atoms with Crippen LogP contribution in [0.25, 0.3) is 22.5 Å². The van der Waals surface area contributed by atoms with E-state index in [1.54, 1.807) is 61.2 Å². The average molecular weight is 1000 g/mol. The maximum Gasteiger partial charge on any atom is 2.00 e. The van der Waals surface area contributed by atoms with Crippen LogP contribution in [0.3, 0.4) is 0 Å². The van der Waals surface area contributed by atoms with Gasteiger partial charge in [0.25, 0.3) is 0 Å². The fourth-order valence-corrected chi connectivity index (χ4v) is 4.03. The quantitative estimate of drug-likeness (QED) is 0.104. The molecule has 0 aliphatic rings. The number of aromatic nitrogens is 4. The molecule has 2 aromatic carbocycles. The van der Waals surface area contributed by atoms with Crippen LogP contribution in [0, 0.1) is 35.4 Å². The zero-order valence-corrected chi connectivity index (χ0v) is 29.0. The standard InChI is InChI=1S/2C11H6F2N.C11H10N2S2.2Pt/c2*12-8-4-5-9(10(13)7-8)11-3-1-2-6-14-11;14-11(15,9-5-1-3-7-12-9)10-6-2-4-8-13-10;;/h2*1-4,6-7H;1-8,14-15H;;/q2*-1;;2*+2/p-2. The average Bonchev–Trinajstić information content (AvgIpc) is 3.03. The van der Waals surface area contributed by atoms with Crippen LogP contribution in [-0.2, 0) is 71.5 Å². The first-order valence-electron chi connectivity index (χ1n) is 12.6. The van der Waals surface area contributed by atoms with Crippen molar-refractivity contribution in [2.24, 2.45) is 0 Å². The predicted octanol–water partition coefficient (Wildman–Crippen LogP) is 7.42. The van der Waals surface area contributed by atoms with Crippen molar-refractivity contribution in [2.75, 3.05) is 0 Å². The van der Waals surface area contributed by atoms with E-state index >= 15 is 0 Å². The van der Waals surface area contributed by atoms with Crippen molar-refractivity contribution in [1.29, 1.82) is 0 Å². The zero-order valence-electron chi connectivity index (χ0n) is 22.8. The Morgan fingerprint density at radius 1 is 0.511 bits per heavy atom. The predicted molar refractivity (Wildman–Crippen MR) is 161 cm³/mol. The first-order chi connectivity index (χ1) is 20.8. The molecule has 12 heteroatoms. The Morgan fingerprint density at radius 3 is 1.16 bits per heavy atom. The van der Waals surface area contributed by atoms with Crippen molar-refractivity contribution in [3.63, 3.8) is 0 Å². The molecule has 0 aliphatic heterocycles. The van der Waals surface area contributed by atoms with Gasteiger partial charge in [-0.1, -0.05) is 59.7 Å². The van der Waals surface area contributed by atoms with E-state index in [1.807, 2.05) is 36.4 Å². The molecule has 0 spiro atoms. The van der Waals surface area contributed by atoms with Crippen molar-refractivity contribution < 1.29 is 59.7 Å². The van der Waals surface area contributed by atoms with E-state index in [0.717, 1.165) is 24.3 Å². The van der Waals surface area contributed by atoms with Crippen molar-refractivity contribution in [2.45, 2.75) is 4.08 Å². The van der Waals surface area contributed by atoms with Gasteiger partial charge in [-0.2, -0.15) is 4.08 Å². The van der Waals surface area contributed by atoms with E-state index in [0.29, 0.717) is 22.8 Å². The topological polar surface area (TPSA) is 51.6 Å². The molecule has 0 amide bonds. The Morgan fingerprint density at radius 2 is 0.867 bits per heavy atom. The number of hydrogen-bond donors (Lipinski definition) is 0. The second-order valence-corrected chi connectivity index (χ2v) is 10.0. The number of hydrogen-bond acceptors (Lipinski definition) is 6. The van der Waals surface area contributed by atoms with Crippen LogP contribution < -0.4 is 0 Å². The largest absolute Gasteiger partial charge is 2.00 e. The van der Waals surface area contributed by atoms with Gasteiger partial charge in [0.1, 0.15) is 0 Å². The Kier molecular flexibility index (Phi) is 15.8. The van der Waals surface area contributed by atoms with Crippen molar-refractivity contribution in [3.05, 3.63) is 169 Å². The van der Waals surface area contributed by atoms with E-state index in [9.17, 15) is 17.6 Å². The molecule has 6 rings (SSSR count). The summed E-state index contributed by atoms with van der Waals surface area (Å²) in [6, 6.07) is 30.1. The SMILES string of the molecule is Fc1c[c-]c(-c2ccccn2)c(F)c1.Fc1c[c-]c(-c2ccccn2)c(F)c1.[Pt+2].[Pt+2].[S-]C([S-])(c1ccccn1)c1ccccn1. The van der Waals surface area contributed by atoms with E-state index in [4.69, 9.17) is 25.3 Å². The Labute approximate surface area is 298 Å². The summed E-state index contributed by atoms with van der Waals surface area (Å²) in [5.74, 6) is -2.57. The van der Waals surface area contributed by atoms with Gasteiger partial charge in [-0.05, 0) is 47.8 Å². The van der Waals surface area contributed by atoms with Crippen molar-refractivity contribution >= 4 is 25.3 Å². The minimum absolute atomic E-state index is 0. The van der Waals surface area contributed by atoms with Crippen LogP contribution in [0.2, 0.25) is 0 Å². The van der Waals surface area contributed by atoms with Crippen molar-refractivity contribution in [3.8, 4) is 22.5 Å². The monoisotopic (exact) mass is 1000 g/mol. The number of benzene rings is 2. The van der Waals surface area contributed by atoms with E-state index in [1.165, 1.54) is 0 Å². The molecule has 0 bridgehead atoms. The maximum absolute atomic E-state index is 13.2. The number of halogens is 4. The second-order valence-electron chi connectivity index (χ2n) is 8.56. The molecule has 0 aliphatic carbocycles. The minimum atomic E-state index is -0.970. The molecular weight excluding hydrogens is 983 g/mol. The summed E-state index contributed by atoms with van der Waals surface area (Å²) in [7, 11) is 0. The third kappa shape index (κ3) is 11.0. The molecule has 4 aromatic heterocycles. The molecule has 4 nitrogen and oxygen atoms in total. The Bertz CT molecular complexity index is 1610. The van der Waals surface area contributed by atoms with Gasteiger partial charge < -0.3 is 35.2 Å². The smallest absolute Gasteiger partial charge is 0.800 e. The molecule has 45 heavy (non-hydrogen) atoms. The summed E-state index contributed by atoms with van der Waals surface area (Å²) in [6.45, 7) is 0. The zero-order chi connectivity index (χ0) is 30.7. The molecule has 0 atom stereocenters. The Balaban J connectivity index is 0.000000230. The summed E-state index contributed by atoms with van der Waals surface area (Å²) in [5.41, 5.74) is 2.62. The van der Waals surface area contributed by atoms with Gasteiger partial charge in [0.05, 0.1) is 0 Å². The molecule has 0 unspecified atom stereocenters. The molecule has 0 radical (unpaired) electrons. The van der Waals surface area contributed by atoms with E-state index in [2.05, 4.69) is 32.1 Å². The van der Waals surface area contributed by atoms with Gasteiger partial charge in [-0.25, -0.2) is 0 Å². The second kappa shape index (κ2) is 18.7. The van der Waals surface area contributed by atoms with Gasteiger partial charge in [0, 0.05) is 59.4 Å². The number of pyridine rings is 4. The molecule has 232 valence electrons. The van der Waals surface area contributed by atoms with Crippen LogP contribution in [0.15, 0.2) is 122 Å². The summed E-state index contributed by atoms with van der Waals surface area (Å²) >= 11 is 10.7. The summed E-state index contributed by atoms with van der Waals surface area (Å²) in [4.78, 5) is 16.2. The first kappa shape index (κ1) is 38.0. The summed E-state index contributed by atoms with van der Waals surface area (Å²) < 4.78 is 50.6. The van der Waals surface area contributed by atoms with Gasteiger partial charge >= 0.3 is 42.1 Å². The van der Waals surface area contributed by atoms with Crippen LogP contribution in [-0.4, -0.2) is 19.9 Å². The van der Waals surface area contributed by atoms with E-state index < -0.39 is 27.3 Å². The van der Waals surface area contributed by atoms with Crippen LogP contribution >= 0.6 is 0 Å². The van der Waals surface area contributed by atoms with Gasteiger partial charge in [0.2, 0.25) is 0 Å². The van der Waals surface area contributed by atoms with E-state index in [-0.39, 0.29) is 53.3 Å². The van der Waals surface area contributed by atoms with Gasteiger partial charge in [0.15, 0.2) is 0 Å². The van der Waals surface area contributed by atoms with Crippen LogP contribution in [0.5, 0.6) is 0 Å². The fraction of sp³-hybridized carbons (Fsp3) is 0.0303. The fourth-order valence-electron chi connectivity index (χ4n) is 3.55. The van der Waals surface area contributed by atoms with Crippen LogP contribution in [0.4, 0.5) is 17.6 Å². The summed E-state index contributed by atoms with van der Waals surface area (Å²) in [5, 5.41) is 0. The summed E-state index contributed by atoms with van der Waals surface area (Å²) in [6.07, 6.45) is 6.47. The van der Waals surface area contributed by atoms with Crippen molar-refractivity contribution in [1.82, 2.24) is 19.9 Å². The molecule has 4 heterocycles. The molecule has 0 fully saturated rings. The minimum Gasteiger partial charge on any atom is -0.800 e. The third-order valence-corrected chi connectivity index (χ3v) is 6.40. The maximum atomic E-state index is 13.2. The molecule has 0 N–H and O–H groups in total. The molecule has 6 aromatic rings. The normalized spacial score (nSPS) is 10.1. The number of rotatable bonds is 4. The Hall–Kier alpha value is -3.16. The molecule has 0 saturated carbocycles. The number of nitrogens with zero attached hydrogens (tertiary/aromatic N) is 4. The third-order valence-electron chi connectivity index (χ3n) is 5.56. The molecular formula is C33H20F4N4Pt2S2. The van der Waals surface area contributed by atoms with Gasteiger partial charge in [-0.3, -0.25) is 27.5 Å². The molecule has 0 saturated heterocycles.